The van der Waals surface area contributed by atoms with Gasteiger partial charge in [-0.25, -0.2) is 8.78 Å². The summed E-state index contributed by atoms with van der Waals surface area (Å²) < 4.78 is 25.3. The Bertz CT molecular complexity index is 366. The molecule has 2 nitrogen and oxygen atoms in total. The second-order valence-electron chi connectivity index (χ2n) is 4.05. The molecule has 0 aliphatic carbocycles. The zero-order chi connectivity index (χ0) is 12.3. The van der Waals surface area contributed by atoms with E-state index < -0.39 is 6.43 Å². The van der Waals surface area contributed by atoms with Crippen molar-refractivity contribution in [3.8, 4) is 5.75 Å². The van der Waals surface area contributed by atoms with Gasteiger partial charge in [-0.05, 0) is 43.0 Å². The first-order chi connectivity index (χ1) is 7.47. The fourth-order valence-electron chi connectivity index (χ4n) is 1.70. The van der Waals surface area contributed by atoms with Gasteiger partial charge in [0.15, 0.2) is 0 Å². The van der Waals surface area contributed by atoms with Crippen molar-refractivity contribution in [2.24, 2.45) is 5.73 Å². The predicted molar refractivity (Wildman–Crippen MR) is 59.9 cm³/mol. The molecule has 3 N–H and O–H groups in total. The van der Waals surface area contributed by atoms with Crippen molar-refractivity contribution in [3.63, 3.8) is 0 Å². The standard InChI is InChI=1S/C12H17F2NO/c1-7(3-4-15)9-5-8(2)11(16)10(6-9)12(13)14/h5-7,12,16H,3-4,15H2,1-2H3. The minimum atomic E-state index is -2.65. The highest BCUT2D eigenvalue weighted by atomic mass is 19.3. The van der Waals surface area contributed by atoms with Gasteiger partial charge >= 0.3 is 0 Å². The smallest absolute Gasteiger partial charge is 0.267 e. The van der Waals surface area contributed by atoms with Crippen LogP contribution >= 0.6 is 0 Å². The summed E-state index contributed by atoms with van der Waals surface area (Å²) in [6, 6.07) is 3.11. The van der Waals surface area contributed by atoms with Gasteiger partial charge in [-0.15, -0.1) is 0 Å². The average molecular weight is 229 g/mol. The summed E-state index contributed by atoms with van der Waals surface area (Å²) in [7, 11) is 0. The zero-order valence-corrected chi connectivity index (χ0v) is 9.50. The summed E-state index contributed by atoms with van der Waals surface area (Å²) in [6.45, 7) is 4.08. The number of aromatic hydroxyl groups is 1. The second kappa shape index (κ2) is 5.25. The molecule has 0 bridgehead atoms. The van der Waals surface area contributed by atoms with Gasteiger partial charge in [-0.1, -0.05) is 13.0 Å². The number of halogens is 2. The number of alkyl halides is 2. The van der Waals surface area contributed by atoms with Crippen LogP contribution in [0.25, 0.3) is 0 Å². The van der Waals surface area contributed by atoms with E-state index in [0.29, 0.717) is 12.1 Å². The van der Waals surface area contributed by atoms with Gasteiger partial charge in [0.05, 0.1) is 5.56 Å². The summed E-state index contributed by atoms with van der Waals surface area (Å²) in [6.07, 6.45) is -1.91. The Hall–Kier alpha value is -1.16. The second-order valence-corrected chi connectivity index (χ2v) is 4.05. The van der Waals surface area contributed by atoms with Crippen molar-refractivity contribution in [2.75, 3.05) is 6.54 Å². The van der Waals surface area contributed by atoms with E-state index in [1.54, 1.807) is 13.0 Å². The molecule has 90 valence electrons. The van der Waals surface area contributed by atoms with E-state index in [4.69, 9.17) is 5.73 Å². The number of phenolic OH excluding ortho intramolecular Hbond substituents is 1. The van der Waals surface area contributed by atoms with Crippen molar-refractivity contribution >= 4 is 0 Å². The Balaban J connectivity index is 3.13. The van der Waals surface area contributed by atoms with E-state index in [2.05, 4.69) is 0 Å². The van der Waals surface area contributed by atoms with E-state index in [9.17, 15) is 13.9 Å². The van der Waals surface area contributed by atoms with E-state index in [0.717, 1.165) is 12.0 Å². The molecule has 16 heavy (non-hydrogen) atoms. The Morgan fingerprint density at radius 2 is 2.00 bits per heavy atom. The molecule has 0 aliphatic rings. The number of benzene rings is 1. The van der Waals surface area contributed by atoms with Gasteiger partial charge in [0.2, 0.25) is 0 Å². The lowest BCUT2D eigenvalue weighted by atomic mass is 9.93. The molecule has 1 aromatic carbocycles. The maximum Gasteiger partial charge on any atom is 0.267 e. The molecule has 0 heterocycles. The Kier molecular flexibility index (Phi) is 4.24. The SMILES string of the molecule is Cc1cc(C(C)CCN)cc(C(F)F)c1O. The van der Waals surface area contributed by atoms with E-state index in [1.807, 2.05) is 6.92 Å². The number of aryl methyl sites for hydroxylation is 1. The highest BCUT2D eigenvalue weighted by Crippen LogP contribution is 2.34. The van der Waals surface area contributed by atoms with Gasteiger partial charge < -0.3 is 10.8 Å². The minimum Gasteiger partial charge on any atom is -0.507 e. The molecule has 1 unspecified atom stereocenters. The van der Waals surface area contributed by atoms with Crippen LogP contribution < -0.4 is 5.73 Å². The molecule has 0 aromatic heterocycles. The topological polar surface area (TPSA) is 46.2 Å². The van der Waals surface area contributed by atoms with Crippen LogP contribution in [-0.2, 0) is 0 Å². The van der Waals surface area contributed by atoms with Gasteiger partial charge in [-0.2, -0.15) is 0 Å². The highest BCUT2D eigenvalue weighted by molar-refractivity contribution is 5.44. The molecular weight excluding hydrogens is 212 g/mol. The maximum atomic E-state index is 12.7. The summed E-state index contributed by atoms with van der Waals surface area (Å²) in [5.74, 6) is -0.180. The van der Waals surface area contributed by atoms with Crippen LogP contribution in [0.4, 0.5) is 8.78 Å². The van der Waals surface area contributed by atoms with Gasteiger partial charge in [0.25, 0.3) is 6.43 Å². The molecule has 0 radical (unpaired) electrons. The first-order valence-electron chi connectivity index (χ1n) is 5.29. The van der Waals surface area contributed by atoms with Crippen molar-refractivity contribution in [1.82, 2.24) is 0 Å². The summed E-state index contributed by atoms with van der Waals surface area (Å²) >= 11 is 0. The first kappa shape index (κ1) is 12.9. The fraction of sp³-hybridized carbons (Fsp3) is 0.500. The molecule has 0 spiro atoms. The van der Waals surface area contributed by atoms with Crippen LogP contribution in [0.1, 0.15) is 42.4 Å². The number of phenols is 1. The van der Waals surface area contributed by atoms with E-state index in [1.165, 1.54) is 6.07 Å². The molecule has 1 atom stereocenters. The zero-order valence-electron chi connectivity index (χ0n) is 9.50. The molecule has 0 amide bonds. The predicted octanol–water partition coefficient (Wildman–Crippen LogP) is 3.09. The fourth-order valence-corrected chi connectivity index (χ4v) is 1.70. The van der Waals surface area contributed by atoms with Crippen molar-refractivity contribution in [1.29, 1.82) is 0 Å². The number of hydrogen-bond donors (Lipinski definition) is 2. The van der Waals surface area contributed by atoms with Crippen LogP contribution in [0.3, 0.4) is 0 Å². The van der Waals surface area contributed by atoms with Crippen LogP contribution in [0.15, 0.2) is 12.1 Å². The Morgan fingerprint density at radius 1 is 1.38 bits per heavy atom. The van der Waals surface area contributed by atoms with Crippen LogP contribution in [-0.4, -0.2) is 11.7 Å². The molecule has 0 saturated heterocycles. The third kappa shape index (κ3) is 2.70. The van der Waals surface area contributed by atoms with Crippen LogP contribution in [0.5, 0.6) is 5.75 Å². The average Bonchev–Trinajstić information content (AvgIpc) is 2.21. The number of rotatable bonds is 4. The lowest BCUT2D eigenvalue weighted by Gasteiger charge is -2.15. The van der Waals surface area contributed by atoms with Gasteiger partial charge in [0, 0.05) is 0 Å². The normalized spacial score (nSPS) is 13.1. The molecular formula is C12H17F2NO. The van der Waals surface area contributed by atoms with Gasteiger partial charge in [0.1, 0.15) is 5.75 Å². The molecule has 0 fully saturated rings. The van der Waals surface area contributed by atoms with Crippen LogP contribution in [0.2, 0.25) is 0 Å². The number of nitrogens with two attached hydrogens (primary N) is 1. The maximum absolute atomic E-state index is 12.7. The quantitative estimate of drug-likeness (QED) is 0.833. The van der Waals surface area contributed by atoms with Gasteiger partial charge in [-0.3, -0.25) is 0 Å². The third-order valence-electron chi connectivity index (χ3n) is 2.76. The van der Waals surface area contributed by atoms with Crippen molar-refractivity contribution in [3.05, 3.63) is 28.8 Å². The lowest BCUT2D eigenvalue weighted by molar-refractivity contribution is 0.147. The molecule has 4 heteroatoms. The lowest BCUT2D eigenvalue weighted by Crippen LogP contribution is -2.05. The molecule has 1 rings (SSSR count). The summed E-state index contributed by atoms with van der Waals surface area (Å²) in [5.41, 5.74) is 6.43. The van der Waals surface area contributed by atoms with Crippen molar-refractivity contribution in [2.45, 2.75) is 32.6 Å². The molecule has 0 aliphatic heterocycles. The van der Waals surface area contributed by atoms with Crippen LogP contribution in [0, 0.1) is 6.92 Å². The summed E-state index contributed by atoms with van der Waals surface area (Å²) in [5, 5.41) is 9.50. The Morgan fingerprint density at radius 3 is 2.50 bits per heavy atom. The minimum absolute atomic E-state index is 0.127. The van der Waals surface area contributed by atoms with E-state index in [-0.39, 0.29) is 17.2 Å². The molecule has 0 saturated carbocycles. The van der Waals surface area contributed by atoms with E-state index >= 15 is 0 Å². The Labute approximate surface area is 94.1 Å². The van der Waals surface area contributed by atoms with Crippen molar-refractivity contribution < 1.29 is 13.9 Å². The summed E-state index contributed by atoms with van der Waals surface area (Å²) in [4.78, 5) is 0. The highest BCUT2D eigenvalue weighted by Gasteiger charge is 2.17. The largest absolute Gasteiger partial charge is 0.507 e. The first-order valence-corrected chi connectivity index (χ1v) is 5.29. The number of hydrogen-bond acceptors (Lipinski definition) is 2. The third-order valence-corrected chi connectivity index (χ3v) is 2.76. The molecule has 1 aromatic rings. The monoisotopic (exact) mass is 229 g/mol.